The lowest BCUT2D eigenvalue weighted by atomic mass is 10.0. The van der Waals surface area contributed by atoms with Crippen molar-refractivity contribution in [1.29, 1.82) is 0 Å². The molecule has 2 nitrogen and oxygen atoms in total. The molecule has 0 fully saturated rings. The summed E-state index contributed by atoms with van der Waals surface area (Å²) in [6.07, 6.45) is 2.08. The molecule has 0 saturated carbocycles. The Labute approximate surface area is 118 Å². The van der Waals surface area contributed by atoms with E-state index in [1.54, 1.807) is 6.07 Å². The van der Waals surface area contributed by atoms with Crippen molar-refractivity contribution in [2.24, 2.45) is 0 Å². The predicted octanol–water partition coefficient (Wildman–Crippen LogP) is 3.13. The number of benzene rings is 2. The Kier molecular flexibility index (Phi) is 3.70. The topological polar surface area (TPSA) is 23.5 Å². The number of hydrogen-bond acceptors (Lipinski definition) is 2. The summed E-state index contributed by atoms with van der Waals surface area (Å²) in [5.41, 5.74) is 3.75. The van der Waals surface area contributed by atoms with Crippen molar-refractivity contribution in [3.05, 3.63) is 65.0 Å². The fourth-order valence-corrected chi connectivity index (χ4v) is 2.78. The SMILES string of the molecule is Oc1ccc(CN2CCc3ccccc3CC2)cc1F. The number of halogens is 1. The molecule has 0 amide bonds. The predicted molar refractivity (Wildman–Crippen MR) is 77.2 cm³/mol. The molecule has 3 heteroatoms. The van der Waals surface area contributed by atoms with Crippen LogP contribution in [-0.4, -0.2) is 23.1 Å². The van der Waals surface area contributed by atoms with Crippen molar-refractivity contribution in [3.63, 3.8) is 0 Å². The van der Waals surface area contributed by atoms with Crippen LogP contribution in [-0.2, 0) is 19.4 Å². The molecule has 20 heavy (non-hydrogen) atoms. The smallest absolute Gasteiger partial charge is 0.165 e. The summed E-state index contributed by atoms with van der Waals surface area (Å²) in [5, 5.41) is 9.22. The zero-order valence-corrected chi connectivity index (χ0v) is 11.3. The third-order valence-electron chi connectivity index (χ3n) is 3.93. The molecule has 0 radical (unpaired) electrons. The van der Waals surface area contributed by atoms with Crippen molar-refractivity contribution in [2.45, 2.75) is 19.4 Å². The Balaban J connectivity index is 1.69. The lowest BCUT2D eigenvalue weighted by molar-refractivity contribution is 0.278. The van der Waals surface area contributed by atoms with Gasteiger partial charge < -0.3 is 5.11 Å². The Morgan fingerprint density at radius 1 is 1.00 bits per heavy atom. The van der Waals surface area contributed by atoms with Gasteiger partial charge in [-0.25, -0.2) is 4.39 Å². The number of phenolic OH excluding ortho intramolecular Hbond substituents is 1. The van der Waals surface area contributed by atoms with Gasteiger partial charge in [0, 0.05) is 19.6 Å². The Morgan fingerprint density at radius 3 is 2.25 bits per heavy atom. The van der Waals surface area contributed by atoms with E-state index < -0.39 is 5.82 Å². The molecule has 2 aromatic rings. The molecule has 1 aliphatic heterocycles. The van der Waals surface area contributed by atoms with Crippen LogP contribution in [0.5, 0.6) is 5.75 Å². The number of hydrogen-bond donors (Lipinski definition) is 1. The summed E-state index contributed by atoms with van der Waals surface area (Å²) in [6.45, 7) is 2.70. The van der Waals surface area contributed by atoms with Gasteiger partial charge >= 0.3 is 0 Å². The van der Waals surface area contributed by atoms with Crippen LogP contribution < -0.4 is 0 Å². The van der Waals surface area contributed by atoms with E-state index in [-0.39, 0.29) is 5.75 Å². The summed E-state index contributed by atoms with van der Waals surface area (Å²) in [5.74, 6) is -0.822. The number of fused-ring (bicyclic) bond motifs is 1. The molecule has 0 aliphatic carbocycles. The maximum Gasteiger partial charge on any atom is 0.165 e. The number of nitrogens with zero attached hydrogens (tertiary/aromatic N) is 1. The first kappa shape index (κ1) is 13.1. The van der Waals surface area contributed by atoms with Gasteiger partial charge in [0.15, 0.2) is 11.6 Å². The van der Waals surface area contributed by atoms with Gasteiger partial charge in [0.05, 0.1) is 0 Å². The second kappa shape index (κ2) is 5.63. The van der Waals surface area contributed by atoms with Gasteiger partial charge in [-0.15, -0.1) is 0 Å². The highest BCUT2D eigenvalue weighted by Gasteiger charge is 2.14. The molecule has 0 unspecified atom stereocenters. The van der Waals surface area contributed by atoms with Crippen LogP contribution in [0.1, 0.15) is 16.7 Å². The summed E-state index contributed by atoms with van der Waals surface area (Å²) < 4.78 is 13.4. The van der Waals surface area contributed by atoms with E-state index in [4.69, 9.17) is 0 Å². The average molecular weight is 271 g/mol. The molecule has 0 aromatic heterocycles. The van der Waals surface area contributed by atoms with Gasteiger partial charge in [0.25, 0.3) is 0 Å². The maximum absolute atomic E-state index is 13.4. The first-order chi connectivity index (χ1) is 9.72. The van der Waals surface area contributed by atoms with Crippen molar-refractivity contribution < 1.29 is 9.50 Å². The third kappa shape index (κ3) is 2.83. The van der Waals surface area contributed by atoms with Crippen LogP contribution in [0.15, 0.2) is 42.5 Å². The van der Waals surface area contributed by atoms with E-state index in [9.17, 15) is 9.50 Å². The van der Waals surface area contributed by atoms with Crippen LogP contribution in [0.25, 0.3) is 0 Å². The summed E-state index contributed by atoms with van der Waals surface area (Å²) in [7, 11) is 0. The molecule has 0 spiro atoms. The van der Waals surface area contributed by atoms with Gasteiger partial charge in [0.1, 0.15) is 0 Å². The molecule has 2 aromatic carbocycles. The van der Waals surface area contributed by atoms with E-state index in [2.05, 4.69) is 29.2 Å². The summed E-state index contributed by atoms with van der Waals surface area (Å²) in [6, 6.07) is 13.2. The van der Waals surface area contributed by atoms with E-state index in [0.29, 0.717) is 0 Å². The maximum atomic E-state index is 13.4. The highest BCUT2D eigenvalue weighted by Crippen LogP contribution is 2.20. The molecule has 0 bridgehead atoms. The van der Waals surface area contributed by atoms with Crippen LogP contribution in [0.4, 0.5) is 4.39 Å². The first-order valence-electron chi connectivity index (χ1n) is 6.99. The van der Waals surface area contributed by atoms with Crippen molar-refractivity contribution in [3.8, 4) is 5.75 Å². The molecule has 1 aliphatic rings. The summed E-state index contributed by atoms with van der Waals surface area (Å²) >= 11 is 0. The van der Waals surface area contributed by atoms with E-state index in [1.807, 2.05) is 0 Å². The summed E-state index contributed by atoms with van der Waals surface area (Å²) in [4.78, 5) is 2.34. The molecule has 0 atom stereocenters. The molecule has 3 rings (SSSR count). The molecular formula is C17H18FNO. The van der Waals surface area contributed by atoms with Crippen LogP contribution in [0.3, 0.4) is 0 Å². The average Bonchev–Trinajstić information content (AvgIpc) is 2.66. The van der Waals surface area contributed by atoms with Crippen molar-refractivity contribution in [2.75, 3.05) is 13.1 Å². The number of aromatic hydroxyl groups is 1. The van der Waals surface area contributed by atoms with Crippen LogP contribution in [0.2, 0.25) is 0 Å². The molecule has 0 saturated heterocycles. The lowest BCUT2D eigenvalue weighted by Crippen LogP contribution is -2.25. The van der Waals surface area contributed by atoms with Crippen molar-refractivity contribution >= 4 is 0 Å². The standard InChI is InChI=1S/C17H18FNO/c18-16-11-13(5-6-17(16)20)12-19-9-7-14-3-1-2-4-15(14)8-10-19/h1-6,11,20H,7-10,12H2. The minimum atomic E-state index is -0.541. The Morgan fingerprint density at radius 2 is 1.65 bits per heavy atom. The zero-order chi connectivity index (χ0) is 13.9. The molecule has 1 N–H and O–H groups in total. The minimum Gasteiger partial charge on any atom is -0.505 e. The fraction of sp³-hybridized carbons (Fsp3) is 0.294. The quantitative estimate of drug-likeness (QED) is 0.907. The molecule has 104 valence electrons. The van der Waals surface area contributed by atoms with Gasteiger partial charge in [-0.3, -0.25) is 4.90 Å². The molecule has 1 heterocycles. The monoisotopic (exact) mass is 271 g/mol. The van der Waals surface area contributed by atoms with Gasteiger partial charge in [-0.1, -0.05) is 30.3 Å². The van der Waals surface area contributed by atoms with E-state index >= 15 is 0 Å². The zero-order valence-electron chi connectivity index (χ0n) is 11.3. The Hall–Kier alpha value is -1.87. The highest BCUT2D eigenvalue weighted by atomic mass is 19.1. The Bertz CT molecular complexity index is 585. The first-order valence-corrected chi connectivity index (χ1v) is 6.99. The normalized spacial score (nSPS) is 15.7. The van der Waals surface area contributed by atoms with E-state index in [1.165, 1.54) is 23.3 Å². The third-order valence-corrected chi connectivity index (χ3v) is 3.93. The molecular weight excluding hydrogens is 253 g/mol. The highest BCUT2D eigenvalue weighted by molar-refractivity contribution is 5.30. The second-order valence-corrected chi connectivity index (χ2v) is 5.33. The minimum absolute atomic E-state index is 0.281. The van der Waals surface area contributed by atoms with Gasteiger partial charge in [0.2, 0.25) is 0 Å². The fourth-order valence-electron chi connectivity index (χ4n) is 2.78. The van der Waals surface area contributed by atoms with Gasteiger partial charge in [-0.2, -0.15) is 0 Å². The van der Waals surface area contributed by atoms with Crippen LogP contribution in [0, 0.1) is 5.82 Å². The largest absolute Gasteiger partial charge is 0.505 e. The number of rotatable bonds is 2. The number of phenols is 1. The van der Waals surface area contributed by atoms with Crippen molar-refractivity contribution in [1.82, 2.24) is 4.90 Å². The lowest BCUT2D eigenvalue weighted by Gasteiger charge is -2.19. The van der Waals surface area contributed by atoms with E-state index in [0.717, 1.165) is 38.0 Å². The second-order valence-electron chi connectivity index (χ2n) is 5.33. The van der Waals surface area contributed by atoms with Gasteiger partial charge in [-0.05, 0) is 41.7 Å². The van der Waals surface area contributed by atoms with Crippen LogP contribution >= 0.6 is 0 Å².